The molecule has 0 saturated carbocycles. The van der Waals surface area contributed by atoms with Crippen LogP contribution in [0.1, 0.15) is 138 Å². The Morgan fingerprint density at radius 3 is 1.54 bits per heavy atom. The zero-order valence-corrected chi connectivity index (χ0v) is 59.3. The van der Waals surface area contributed by atoms with E-state index in [1.165, 1.54) is 62.5 Å². The molecule has 1 fully saturated rings. The van der Waals surface area contributed by atoms with Crippen LogP contribution >= 0.6 is 0 Å². The lowest BCUT2D eigenvalue weighted by atomic mass is 9.98. The molecule has 11 amide bonds. The maximum absolute atomic E-state index is 14.4. The third-order valence-electron chi connectivity index (χ3n) is 16.3. The maximum Gasteiger partial charge on any atom is 0.326 e. The number of aliphatic carboxylic acids is 2. The number of carboxylic acids is 2. The van der Waals surface area contributed by atoms with Crippen molar-refractivity contribution in [3.8, 4) is 5.75 Å². The van der Waals surface area contributed by atoms with Crippen LogP contribution in [0.5, 0.6) is 5.75 Å². The van der Waals surface area contributed by atoms with Crippen LogP contribution in [0.3, 0.4) is 0 Å². The van der Waals surface area contributed by atoms with Gasteiger partial charge in [0.15, 0.2) is 11.9 Å². The van der Waals surface area contributed by atoms with Crippen molar-refractivity contribution in [3.63, 3.8) is 0 Å². The van der Waals surface area contributed by atoms with Gasteiger partial charge in [0, 0.05) is 50.8 Å². The van der Waals surface area contributed by atoms with E-state index < -0.39 is 181 Å². The summed E-state index contributed by atoms with van der Waals surface area (Å²) >= 11 is 0. The number of carbonyl (C=O) groups is 13. The van der Waals surface area contributed by atoms with Crippen molar-refractivity contribution in [2.75, 3.05) is 26.2 Å². The first-order valence-corrected chi connectivity index (χ1v) is 33.9. The molecule has 1 saturated heterocycles. The molecule has 0 bridgehead atoms. The summed E-state index contributed by atoms with van der Waals surface area (Å²) in [5, 5.41) is 65.6. The Labute approximate surface area is 591 Å². The quantitative estimate of drug-likeness (QED) is 0.0169. The minimum atomic E-state index is -1.74. The molecule has 0 aliphatic carbocycles. The summed E-state index contributed by atoms with van der Waals surface area (Å²) in [6.45, 7) is 13.9. The van der Waals surface area contributed by atoms with Crippen molar-refractivity contribution in [2.45, 2.75) is 212 Å². The average molecular weight is 1440 g/mol. The van der Waals surface area contributed by atoms with Gasteiger partial charge in [-0.15, -0.1) is 0 Å². The molecule has 37 heteroatoms. The minimum absolute atomic E-state index is 0.0395. The molecule has 1 aliphatic rings. The number of rotatable bonds is 44. The van der Waals surface area contributed by atoms with Crippen molar-refractivity contribution in [3.05, 3.63) is 48.0 Å². The molecule has 1 aromatic heterocycles. The molecule has 37 nitrogen and oxygen atoms in total. The van der Waals surface area contributed by atoms with E-state index >= 15 is 0 Å². The number of phenols is 1. The number of aromatic nitrogens is 2. The molecular formula is C65H106N20O17. The molecule has 12 atom stereocenters. The largest absolute Gasteiger partial charge is 0.508 e. The lowest BCUT2D eigenvalue weighted by molar-refractivity contribution is -0.143. The Morgan fingerprint density at radius 2 is 1.04 bits per heavy atom. The second-order valence-corrected chi connectivity index (χ2v) is 26.7. The van der Waals surface area contributed by atoms with Gasteiger partial charge < -0.3 is 112 Å². The Morgan fingerprint density at radius 1 is 0.559 bits per heavy atom. The summed E-state index contributed by atoms with van der Waals surface area (Å²) in [5.41, 5.74) is 28.5. The normalized spacial score (nSPS) is 16.0. The van der Waals surface area contributed by atoms with Crippen LogP contribution in [-0.2, 0) is 75.2 Å². The van der Waals surface area contributed by atoms with E-state index in [1.54, 1.807) is 41.5 Å². The van der Waals surface area contributed by atoms with Crippen LogP contribution in [0.15, 0.2) is 46.8 Å². The number of aliphatic hydroxyl groups excluding tert-OH is 1. The summed E-state index contributed by atoms with van der Waals surface area (Å²) < 4.78 is 0. The number of nitrogens with one attached hydrogen (secondary N) is 11. The van der Waals surface area contributed by atoms with Crippen molar-refractivity contribution < 1.29 is 82.8 Å². The number of guanidine groups is 2. The number of aliphatic imine (C=N–C) groups is 2. The zero-order chi connectivity index (χ0) is 76.7. The highest BCUT2D eigenvalue weighted by atomic mass is 16.4. The minimum Gasteiger partial charge on any atom is -0.508 e. The molecule has 25 N–H and O–H groups in total. The number of aromatic hydroxyl groups is 1. The van der Waals surface area contributed by atoms with Crippen molar-refractivity contribution in [1.82, 2.24) is 68.0 Å². The third kappa shape index (κ3) is 29.9. The lowest BCUT2D eigenvalue weighted by Crippen LogP contribution is -2.62. The van der Waals surface area contributed by atoms with Gasteiger partial charge in [0.1, 0.15) is 72.2 Å². The lowest BCUT2D eigenvalue weighted by Gasteiger charge is -2.30. The van der Waals surface area contributed by atoms with Crippen LogP contribution in [-0.4, -0.2) is 223 Å². The van der Waals surface area contributed by atoms with E-state index in [4.69, 9.17) is 28.7 Å². The van der Waals surface area contributed by atoms with Gasteiger partial charge >= 0.3 is 11.9 Å². The van der Waals surface area contributed by atoms with Gasteiger partial charge in [-0.25, -0.2) is 9.78 Å². The first-order valence-electron chi connectivity index (χ1n) is 33.9. The summed E-state index contributed by atoms with van der Waals surface area (Å²) in [4.78, 5) is 194. The van der Waals surface area contributed by atoms with Gasteiger partial charge in [-0.1, -0.05) is 67.5 Å². The van der Waals surface area contributed by atoms with Gasteiger partial charge in [0.2, 0.25) is 65.0 Å². The third-order valence-corrected chi connectivity index (χ3v) is 16.3. The number of nitrogens with zero attached hydrogens (tertiary/aromatic N) is 4. The number of carboxylic acid groups (broad SMARTS) is 2. The average Bonchev–Trinajstić information content (AvgIpc) is 1.59. The van der Waals surface area contributed by atoms with Gasteiger partial charge in [-0.05, 0) is 106 Å². The van der Waals surface area contributed by atoms with E-state index in [1.807, 2.05) is 0 Å². The van der Waals surface area contributed by atoms with E-state index in [9.17, 15) is 82.8 Å². The predicted octanol–water partition coefficient (Wildman–Crippen LogP) is -4.46. The molecule has 102 heavy (non-hydrogen) atoms. The van der Waals surface area contributed by atoms with Crippen LogP contribution in [0.25, 0.3) is 0 Å². The van der Waals surface area contributed by atoms with Crippen molar-refractivity contribution >= 4 is 88.8 Å². The number of H-pyrrole nitrogens is 1. The van der Waals surface area contributed by atoms with E-state index in [2.05, 4.69) is 73.1 Å². The van der Waals surface area contributed by atoms with Crippen molar-refractivity contribution in [2.24, 2.45) is 62.3 Å². The summed E-state index contributed by atoms with van der Waals surface area (Å²) in [5.74, 6) is -14.7. The van der Waals surface area contributed by atoms with Crippen LogP contribution in [0.2, 0.25) is 0 Å². The van der Waals surface area contributed by atoms with E-state index in [-0.39, 0.29) is 101 Å². The molecule has 0 spiro atoms. The molecule has 1 aliphatic heterocycles. The fraction of sp³-hybridized carbons (Fsp3) is 0.631. The second-order valence-electron chi connectivity index (χ2n) is 26.7. The Bertz CT molecular complexity index is 3210. The monoisotopic (exact) mass is 1440 g/mol. The maximum atomic E-state index is 14.4. The summed E-state index contributed by atoms with van der Waals surface area (Å²) in [6.07, 6.45) is 2.40. The highest BCUT2D eigenvalue weighted by molar-refractivity contribution is 6.00. The number of aromatic amines is 1. The van der Waals surface area contributed by atoms with E-state index in [0.29, 0.717) is 24.1 Å². The molecule has 0 unspecified atom stereocenters. The number of phenolic OH excluding ortho intramolecular Hbond substituents is 1. The van der Waals surface area contributed by atoms with Crippen LogP contribution in [0, 0.1) is 23.7 Å². The van der Waals surface area contributed by atoms with Gasteiger partial charge in [0.25, 0.3) is 0 Å². The number of benzene rings is 1. The second kappa shape index (κ2) is 42.8. The number of hydrogen-bond donors (Lipinski definition) is 20. The van der Waals surface area contributed by atoms with Crippen LogP contribution in [0.4, 0.5) is 0 Å². The number of carbonyl (C=O) groups excluding carboxylic acids is 11. The fourth-order valence-corrected chi connectivity index (χ4v) is 10.8. The Hall–Kier alpha value is -10.2. The summed E-state index contributed by atoms with van der Waals surface area (Å²) in [7, 11) is 0. The van der Waals surface area contributed by atoms with Crippen molar-refractivity contribution in [1.29, 1.82) is 0 Å². The Balaban J connectivity index is 1.81. The summed E-state index contributed by atoms with van der Waals surface area (Å²) in [6, 6.07) is -11.3. The topological polar surface area (TPSA) is 610 Å². The standard InChI is InChI=1S/C65H106N20O17/c1-32(2)25-43(56(94)77-42(63(101)102)14-11-23-73-65(69)70)78-57(95)44(26-33(3)4)80-60(98)51(35(7)8)84-58(96)47(30-86)82-61(99)50(34(5)6)83-52(90)36(9)75-55(93)45(27-37-16-18-39(87)19-17-37)79-54(92)41(20-21-49(88)89)76-59(97)48-15-12-24-85(48)62(100)46(28-38-29-71-31-74-38)81-53(91)40(66)13-10-22-72-64(67)68/h16-19,29,31-36,40-48,50-51,86-87H,10-15,20-28,30,66H2,1-9H3,(H,71,74)(H,75,93)(H,76,97)(H,77,94)(H,78,95)(H,79,92)(H,80,98)(H,81,91)(H,82,99)(H,83,90)(H,84,96)(H,88,89)(H,101,102)(H4,67,68,72)(H4,69,70,73)/t36-,40-,41-,42-,43-,44-,45-,46-,47-,48-,50-,51-/m0/s1. The fourth-order valence-electron chi connectivity index (χ4n) is 10.8. The zero-order valence-electron chi connectivity index (χ0n) is 59.3. The van der Waals surface area contributed by atoms with Crippen LogP contribution < -0.4 is 81.8 Å². The van der Waals surface area contributed by atoms with E-state index in [0.717, 1.165) is 0 Å². The van der Waals surface area contributed by atoms with Gasteiger partial charge in [0.05, 0.1) is 19.0 Å². The number of aliphatic hydroxyl groups is 1. The smallest absolute Gasteiger partial charge is 0.326 e. The SMILES string of the molecule is CC(C)C[C@H](NC(=O)[C@H](CC(C)C)NC(=O)[C@@H](NC(=O)[C@H](CO)NC(=O)[C@@H](NC(=O)[C@H](C)NC(=O)[C@H](Cc1ccc(O)cc1)NC(=O)[C@H](CCC(=O)O)NC(=O)[C@@H]1CCCN1C(=O)[C@H](Cc1cnc[nH]1)NC(=O)[C@@H](N)CCCN=C(N)N)C(C)C)C(C)C)C(=O)N[C@@H](CCCN=C(N)N)C(=O)O. The molecule has 0 radical (unpaired) electrons. The first-order chi connectivity index (χ1) is 47.9. The highest BCUT2D eigenvalue weighted by Gasteiger charge is 2.41. The number of nitrogens with two attached hydrogens (primary N) is 5. The number of hydrogen-bond acceptors (Lipinski definition) is 19. The molecule has 3 rings (SSSR count). The number of likely N-dealkylation sites (tertiary alicyclic amines) is 1. The first kappa shape index (κ1) is 86.0. The predicted molar refractivity (Wildman–Crippen MR) is 372 cm³/mol. The molecular weight excluding hydrogens is 1330 g/mol. The molecule has 1 aromatic carbocycles. The molecule has 2 aromatic rings. The number of amides is 11. The van der Waals surface area contributed by atoms with Gasteiger partial charge in [-0.2, -0.15) is 0 Å². The number of imidazole rings is 1. The highest BCUT2D eigenvalue weighted by Crippen LogP contribution is 2.22. The Kier molecular flexibility index (Phi) is 36.1. The molecule has 568 valence electrons. The molecule has 2 heterocycles. The van der Waals surface area contributed by atoms with Gasteiger partial charge in [-0.3, -0.25) is 67.5 Å².